The fourth-order valence-electron chi connectivity index (χ4n) is 0.582. The second-order valence-corrected chi connectivity index (χ2v) is 3.74. The molecule has 0 saturated heterocycles. The molecular weight excluding hydrogens is 244 g/mol. The van der Waals surface area contributed by atoms with Gasteiger partial charge in [-0.25, -0.2) is 4.99 Å². The zero-order chi connectivity index (χ0) is 9.78. The summed E-state index contributed by atoms with van der Waals surface area (Å²) in [5.74, 6) is -9.28. The lowest BCUT2D eigenvalue weighted by Gasteiger charge is -2.23. The Hall–Kier alpha value is 0.260. The van der Waals surface area contributed by atoms with Gasteiger partial charge < -0.3 is 0 Å². The summed E-state index contributed by atoms with van der Waals surface area (Å²) >= 11 is 14.3. The summed E-state index contributed by atoms with van der Waals surface area (Å²) < 4.78 is 46.7. The molecular formula is C4Cl3F4N. The number of rotatable bonds is 0. The highest BCUT2D eigenvalue weighted by molar-refractivity contribution is 6.69. The van der Waals surface area contributed by atoms with E-state index < -0.39 is 21.5 Å². The van der Waals surface area contributed by atoms with Gasteiger partial charge in [0.15, 0.2) is 5.17 Å². The number of nitrogens with zero attached hydrogens (tertiary/aromatic N) is 1. The summed E-state index contributed by atoms with van der Waals surface area (Å²) in [5, 5.41) is -1.59. The number of halogens is 7. The molecule has 0 amide bonds. The van der Waals surface area contributed by atoms with Gasteiger partial charge in [0.2, 0.25) is 0 Å². The van der Waals surface area contributed by atoms with Crippen LogP contribution < -0.4 is 0 Å². The third-order valence-corrected chi connectivity index (χ3v) is 2.24. The van der Waals surface area contributed by atoms with E-state index in [9.17, 15) is 17.6 Å². The molecule has 1 aliphatic rings. The number of aliphatic imine (C=N–C) groups is 1. The van der Waals surface area contributed by atoms with Gasteiger partial charge in [0.05, 0.1) is 0 Å². The molecule has 0 atom stereocenters. The first-order chi connectivity index (χ1) is 5.13. The van der Waals surface area contributed by atoms with Crippen molar-refractivity contribution in [2.45, 2.75) is 16.3 Å². The van der Waals surface area contributed by atoms with E-state index in [0.29, 0.717) is 0 Å². The maximum atomic E-state index is 12.5. The highest BCUT2D eigenvalue weighted by Crippen LogP contribution is 2.55. The summed E-state index contributed by atoms with van der Waals surface area (Å²) in [6.07, 6.45) is 0. The van der Waals surface area contributed by atoms with E-state index in [0.717, 1.165) is 0 Å². The number of alkyl halides is 6. The summed E-state index contributed by atoms with van der Waals surface area (Å²) in [7, 11) is 0. The van der Waals surface area contributed by atoms with Crippen molar-refractivity contribution >= 4 is 40.0 Å². The Labute approximate surface area is 79.3 Å². The van der Waals surface area contributed by atoms with Crippen molar-refractivity contribution in [1.82, 2.24) is 0 Å². The van der Waals surface area contributed by atoms with Gasteiger partial charge in [-0.3, -0.25) is 0 Å². The van der Waals surface area contributed by atoms with Gasteiger partial charge in [0.25, 0.3) is 4.46 Å². The van der Waals surface area contributed by atoms with E-state index >= 15 is 0 Å². The summed E-state index contributed by atoms with van der Waals surface area (Å²) in [4.78, 5) is 2.54. The average molecular weight is 244 g/mol. The molecule has 1 aliphatic heterocycles. The summed E-state index contributed by atoms with van der Waals surface area (Å²) in [6, 6.07) is 0. The molecule has 8 heteroatoms. The van der Waals surface area contributed by atoms with Crippen molar-refractivity contribution in [1.29, 1.82) is 0 Å². The van der Waals surface area contributed by atoms with Crippen LogP contribution in [0.25, 0.3) is 0 Å². The predicted molar refractivity (Wildman–Crippen MR) is 37.6 cm³/mol. The third-order valence-electron chi connectivity index (χ3n) is 1.27. The Balaban J connectivity index is 3.22. The normalized spacial score (nSPS) is 30.1. The monoisotopic (exact) mass is 243 g/mol. The van der Waals surface area contributed by atoms with Crippen molar-refractivity contribution in [3.8, 4) is 0 Å². The Morgan fingerprint density at radius 2 is 1.50 bits per heavy atom. The second-order valence-electron chi connectivity index (χ2n) is 2.09. The molecule has 0 saturated carbocycles. The van der Waals surface area contributed by atoms with Gasteiger partial charge in [-0.2, -0.15) is 17.6 Å². The molecule has 1 heterocycles. The SMILES string of the molecule is FC1(F)C(Cl)=NC(Cl)(Cl)C1(F)F. The van der Waals surface area contributed by atoms with Crippen LogP contribution >= 0.6 is 34.8 Å². The quantitative estimate of drug-likeness (QED) is 0.353. The minimum atomic E-state index is -4.68. The average Bonchev–Trinajstić information content (AvgIpc) is 1.92. The third kappa shape index (κ3) is 1.03. The highest BCUT2D eigenvalue weighted by atomic mass is 35.5. The van der Waals surface area contributed by atoms with Crippen LogP contribution in [0.4, 0.5) is 17.6 Å². The van der Waals surface area contributed by atoms with Gasteiger partial charge in [-0.1, -0.05) is 34.8 Å². The van der Waals surface area contributed by atoms with Crippen LogP contribution in [-0.2, 0) is 0 Å². The largest absolute Gasteiger partial charge is 0.369 e. The van der Waals surface area contributed by atoms with Crippen LogP contribution in [0.15, 0.2) is 4.99 Å². The lowest BCUT2D eigenvalue weighted by molar-refractivity contribution is -0.161. The lowest BCUT2D eigenvalue weighted by Crippen LogP contribution is -2.48. The topological polar surface area (TPSA) is 12.4 Å². The van der Waals surface area contributed by atoms with Crippen LogP contribution in [0.2, 0.25) is 0 Å². The van der Waals surface area contributed by atoms with E-state index in [1.54, 1.807) is 0 Å². The van der Waals surface area contributed by atoms with Crippen LogP contribution in [0.5, 0.6) is 0 Å². The standard InChI is InChI=1S/C4Cl3F4N/c5-1-2(8,9)3(10,11)4(6,7)12-1. The smallest absolute Gasteiger partial charge is 0.227 e. The molecule has 0 radical (unpaired) electrons. The lowest BCUT2D eigenvalue weighted by atomic mass is 10.2. The van der Waals surface area contributed by atoms with Crippen LogP contribution in [0.1, 0.15) is 0 Å². The summed E-state index contributed by atoms with van der Waals surface area (Å²) in [5.41, 5.74) is 0. The first kappa shape index (κ1) is 10.3. The van der Waals surface area contributed by atoms with Gasteiger partial charge in [0.1, 0.15) is 0 Å². The van der Waals surface area contributed by atoms with Crippen molar-refractivity contribution in [2.75, 3.05) is 0 Å². The molecule has 0 aromatic rings. The maximum absolute atomic E-state index is 12.5. The molecule has 0 bridgehead atoms. The Morgan fingerprint density at radius 3 is 1.58 bits per heavy atom. The molecule has 70 valence electrons. The molecule has 0 fully saturated rings. The Kier molecular flexibility index (Phi) is 2.06. The van der Waals surface area contributed by atoms with Gasteiger partial charge in [-0.15, -0.1) is 0 Å². The summed E-state index contributed by atoms with van der Waals surface area (Å²) in [6.45, 7) is 0. The van der Waals surface area contributed by atoms with E-state index in [1.807, 2.05) is 0 Å². The van der Waals surface area contributed by atoms with Gasteiger partial charge in [0, 0.05) is 0 Å². The Bertz CT molecular complexity index is 249. The zero-order valence-corrected chi connectivity index (χ0v) is 7.36. The zero-order valence-electron chi connectivity index (χ0n) is 5.09. The van der Waals surface area contributed by atoms with Crippen LogP contribution in [0, 0.1) is 0 Å². The number of hydrogen-bond donors (Lipinski definition) is 0. The van der Waals surface area contributed by atoms with Gasteiger partial charge >= 0.3 is 11.8 Å². The van der Waals surface area contributed by atoms with E-state index in [4.69, 9.17) is 34.8 Å². The van der Waals surface area contributed by atoms with Crippen LogP contribution in [0.3, 0.4) is 0 Å². The van der Waals surface area contributed by atoms with Crippen molar-refractivity contribution in [2.24, 2.45) is 4.99 Å². The molecule has 0 aliphatic carbocycles. The molecule has 0 spiro atoms. The first-order valence-corrected chi connectivity index (χ1v) is 3.65. The minimum absolute atomic E-state index is 1.59. The van der Waals surface area contributed by atoms with Gasteiger partial charge in [-0.05, 0) is 0 Å². The molecule has 0 aromatic heterocycles. The second kappa shape index (κ2) is 2.39. The van der Waals surface area contributed by atoms with Crippen LogP contribution in [-0.4, -0.2) is 21.5 Å². The number of hydrogen-bond acceptors (Lipinski definition) is 1. The molecule has 12 heavy (non-hydrogen) atoms. The first-order valence-electron chi connectivity index (χ1n) is 2.52. The molecule has 0 aromatic carbocycles. The van der Waals surface area contributed by atoms with E-state index in [1.165, 1.54) is 0 Å². The highest BCUT2D eigenvalue weighted by Gasteiger charge is 2.75. The fraction of sp³-hybridized carbons (Fsp3) is 0.750. The molecule has 0 N–H and O–H groups in total. The minimum Gasteiger partial charge on any atom is -0.227 e. The Morgan fingerprint density at radius 1 is 1.08 bits per heavy atom. The predicted octanol–water partition coefficient (Wildman–Crippen LogP) is 3.04. The van der Waals surface area contributed by atoms with Crippen molar-refractivity contribution in [3.05, 3.63) is 0 Å². The molecule has 0 unspecified atom stereocenters. The molecule has 1 rings (SSSR count). The molecule has 1 nitrogen and oxygen atoms in total. The van der Waals surface area contributed by atoms with Crippen molar-refractivity contribution in [3.63, 3.8) is 0 Å². The maximum Gasteiger partial charge on any atom is 0.369 e. The van der Waals surface area contributed by atoms with E-state index in [2.05, 4.69) is 4.99 Å². The fourth-order valence-corrected chi connectivity index (χ4v) is 1.32. The van der Waals surface area contributed by atoms with Crippen molar-refractivity contribution < 1.29 is 17.6 Å². The van der Waals surface area contributed by atoms with E-state index in [-0.39, 0.29) is 0 Å².